The normalized spacial score (nSPS) is 23.8. The summed E-state index contributed by atoms with van der Waals surface area (Å²) in [6.07, 6.45) is 3.93. The lowest BCUT2D eigenvalue weighted by Crippen LogP contribution is -2.55. The molecule has 26 heavy (non-hydrogen) atoms. The first kappa shape index (κ1) is 17.8. The van der Waals surface area contributed by atoms with Gasteiger partial charge in [-0.05, 0) is 65.5 Å². The van der Waals surface area contributed by atoms with E-state index in [9.17, 15) is 4.79 Å². The fourth-order valence-electron chi connectivity index (χ4n) is 4.32. The maximum absolute atomic E-state index is 12.2. The molecule has 1 aliphatic carbocycles. The molecular weight excluding hydrogens is 390 g/mol. The van der Waals surface area contributed by atoms with Gasteiger partial charge in [0, 0.05) is 30.3 Å². The van der Waals surface area contributed by atoms with Crippen molar-refractivity contribution in [1.29, 1.82) is 0 Å². The molecule has 0 bridgehead atoms. The van der Waals surface area contributed by atoms with E-state index in [-0.39, 0.29) is 17.9 Å². The molecule has 2 heterocycles. The highest BCUT2D eigenvalue weighted by molar-refractivity contribution is 9.10. The van der Waals surface area contributed by atoms with Gasteiger partial charge >= 0.3 is 0 Å². The number of benzene rings is 1. The second kappa shape index (κ2) is 7.22. The van der Waals surface area contributed by atoms with Crippen LogP contribution in [0.2, 0.25) is 0 Å². The smallest absolute Gasteiger partial charge is 0.148 e. The number of rotatable bonds is 2. The molecule has 2 aliphatic rings. The van der Waals surface area contributed by atoms with E-state index in [0.29, 0.717) is 0 Å². The van der Waals surface area contributed by atoms with Gasteiger partial charge in [-0.1, -0.05) is 24.3 Å². The van der Waals surface area contributed by atoms with Gasteiger partial charge < -0.3 is 0 Å². The van der Waals surface area contributed by atoms with E-state index in [1.807, 2.05) is 13.2 Å². The Hall–Kier alpha value is -1.56. The van der Waals surface area contributed by atoms with E-state index in [1.54, 1.807) is 6.92 Å². The van der Waals surface area contributed by atoms with Crippen LogP contribution in [0.5, 0.6) is 0 Å². The zero-order chi connectivity index (χ0) is 18.3. The van der Waals surface area contributed by atoms with Crippen LogP contribution >= 0.6 is 15.9 Å². The molecule has 5 heteroatoms. The van der Waals surface area contributed by atoms with Crippen molar-refractivity contribution in [1.82, 2.24) is 14.8 Å². The van der Waals surface area contributed by atoms with Crippen molar-refractivity contribution >= 4 is 21.7 Å². The predicted molar refractivity (Wildman–Crippen MR) is 106 cm³/mol. The molecule has 1 aromatic carbocycles. The Kier molecular flexibility index (Phi) is 4.95. The van der Waals surface area contributed by atoms with E-state index in [0.717, 1.165) is 42.6 Å². The third kappa shape index (κ3) is 3.24. The minimum Gasteiger partial charge on any atom is -0.298 e. The summed E-state index contributed by atoms with van der Waals surface area (Å²) < 4.78 is 1.03. The molecule has 2 aromatic rings. The number of carbonyl (C=O) groups is 1. The number of carbonyl (C=O) groups excluding carboxylic acids is 1. The molecule has 4 rings (SSSR count). The van der Waals surface area contributed by atoms with Crippen molar-refractivity contribution in [3.63, 3.8) is 0 Å². The van der Waals surface area contributed by atoms with Crippen LogP contribution in [-0.2, 0) is 17.6 Å². The van der Waals surface area contributed by atoms with E-state index < -0.39 is 0 Å². The van der Waals surface area contributed by atoms with E-state index in [1.165, 1.54) is 16.7 Å². The van der Waals surface area contributed by atoms with E-state index >= 15 is 0 Å². The van der Waals surface area contributed by atoms with Crippen molar-refractivity contribution in [2.75, 3.05) is 26.7 Å². The van der Waals surface area contributed by atoms with Gasteiger partial charge in [-0.2, -0.15) is 0 Å². The monoisotopic (exact) mass is 413 g/mol. The van der Waals surface area contributed by atoms with Crippen LogP contribution < -0.4 is 0 Å². The molecular formula is C21H24BrN3O. The molecule has 0 radical (unpaired) electrons. The lowest BCUT2D eigenvalue weighted by Gasteiger charge is -2.42. The highest BCUT2D eigenvalue weighted by atomic mass is 79.9. The molecule has 1 fully saturated rings. The molecule has 1 unspecified atom stereocenters. The Morgan fingerprint density at radius 2 is 1.96 bits per heavy atom. The van der Waals surface area contributed by atoms with Crippen LogP contribution in [0.1, 0.15) is 35.3 Å². The lowest BCUT2D eigenvalue weighted by molar-refractivity contribution is -0.124. The number of likely N-dealkylation sites (N-methyl/N-ethyl adjacent to an activating group) is 1. The predicted octanol–water partition coefficient (Wildman–Crippen LogP) is 3.24. The van der Waals surface area contributed by atoms with Crippen molar-refractivity contribution < 1.29 is 4.79 Å². The number of Topliss-reactive ketones (excluding diaryl/α,β-unsaturated/α-hetero) is 1. The zero-order valence-electron chi connectivity index (χ0n) is 15.3. The first-order valence-corrected chi connectivity index (χ1v) is 10.0. The second-order valence-corrected chi connectivity index (χ2v) is 8.32. The van der Waals surface area contributed by atoms with Crippen molar-refractivity contribution in [2.24, 2.45) is 0 Å². The number of hydrogen-bond acceptors (Lipinski definition) is 4. The number of halogens is 1. The molecule has 1 aliphatic heterocycles. The summed E-state index contributed by atoms with van der Waals surface area (Å²) in [4.78, 5) is 21.6. The average molecular weight is 414 g/mol. The summed E-state index contributed by atoms with van der Waals surface area (Å²) in [7, 11) is 2.05. The molecule has 1 aromatic heterocycles. The van der Waals surface area contributed by atoms with Crippen LogP contribution in [0, 0.1) is 0 Å². The van der Waals surface area contributed by atoms with E-state index in [2.05, 4.69) is 56.1 Å². The molecule has 2 atom stereocenters. The third-order valence-corrected chi connectivity index (χ3v) is 6.19. The first-order valence-electron chi connectivity index (χ1n) is 9.21. The van der Waals surface area contributed by atoms with Crippen molar-refractivity contribution in [3.8, 4) is 0 Å². The van der Waals surface area contributed by atoms with Gasteiger partial charge in [0.05, 0.1) is 17.8 Å². The highest BCUT2D eigenvalue weighted by Crippen LogP contribution is 2.37. The van der Waals surface area contributed by atoms with Gasteiger partial charge in [0.25, 0.3) is 0 Å². The van der Waals surface area contributed by atoms with E-state index in [4.69, 9.17) is 4.98 Å². The molecule has 136 valence electrons. The number of nitrogens with zero attached hydrogens (tertiary/aromatic N) is 3. The van der Waals surface area contributed by atoms with Crippen molar-refractivity contribution in [3.05, 3.63) is 63.4 Å². The van der Waals surface area contributed by atoms with Crippen LogP contribution in [0.3, 0.4) is 0 Å². The van der Waals surface area contributed by atoms with Crippen LogP contribution in [0.4, 0.5) is 0 Å². The Morgan fingerprint density at radius 3 is 2.77 bits per heavy atom. The van der Waals surface area contributed by atoms with Gasteiger partial charge in [-0.15, -0.1) is 0 Å². The van der Waals surface area contributed by atoms with Crippen LogP contribution in [0.25, 0.3) is 0 Å². The maximum Gasteiger partial charge on any atom is 0.148 e. The summed E-state index contributed by atoms with van der Waals surface area (Å²) in [6, 6.07) is 11.0. The Bertz CT molecular complexity index is 838. The number of aromatic nitrogens is 1. The molecule has 1 saturated heterocycles. The number of aryl methyl sites for hydroxylation is 2. The number of piperazine rings is 1. The summed E-state index contributed by atoms with van der Waals surface area (Å²) in [5.41, 5.74) is 5.18. The van der Waals surface area contributed by atoms with Crippen LogP contribution in [-0.4, -0.2) is 53.3 Å². The van der Waals surface area contributed by atoms with Gasteiger partial charge in [-0.25, -0.2) is 0 Å². The Morgan fingerprint density at radius 1 is 1.19 bits per heavy atom. The number of hydrogen-bond donors (Lipinski definition) is 0. The topological polar surface area (TPSA) is 36.4 Å². The number of fused-ring (bicyclic) bond motifs is 2. The minimum atomic E-state index is -0.0435. The number of ketones is 1. The molecule has 0 spiro atoms. The quantitative estimate of drug-likeness (QED) is 0.756. The highest BCUT2D eigenvalue weighted by Gasteiger charge is 2.36. The second-order valence-electron chi connectivity index (χ2n) is 7.40. The fourth-order valence-corrected chi connectivity index (χ4v) is 4.70. The standard InChI is InChI=1S/C21H24BrN3O/c1-14(26)19-13-25(10-9-24(19)2)21-18-6-4-3-5-15(18)7-8-16-11-17(22)12-23-20(16)21/h3-6,11-12,19,21H,7-10,13H2,1-2H3/t19-,21?/m1/s1. The van der Waals surface area contributed by atoms with Gasteiger partial charge in [0.1, 0.15) is 5.78 Å². The largest absolute Gasteiger partial charge is 0.298 e. The fraction of sp³-hybridized carbons (Fsp3) is 0.429. The Labute approximate surface area is 163 Å². The van der Waals surface area contributed by atoms with Gasteiger partial charge in [-0.3, -0.25) is 19.6 Å². The first-order chi connectivity index (χ1) is 12.5. The minimum absolute atomic E-state index is 0.0435. The van der Waals surface area contributed by atoms with Gasteiger partial charge in [0.2, 0.25) is 0 Å². The molecule has 0 saturated carbocycles. The summed E-state index contributed by atoms with van der Waals surface area (Å²) in [5.74, 6) is 0.239. The number of pyridine rings is 1. The summed E-state index contributed by atoms with van der Waals surface area (Å²) in [5, 5.41) is 0. The summed E-state index contributed by atoms with van der Waals surface area (Å²) in [6.45, 7) is 4.29. The lowest BCUT2D eigenvalue weighted by atomic mass is 9.95. The summed E-state index contributed by atoms with van der Waals surface area (Å²) >= 11 is 3.58. The molecule has 4 nitrogen and oxygen atoms in total. The molecule has 0 N–H and O–H groups in total. The van der Waals surface area contributed by atoms with Crippen LogP contribution in [0.15, 0.2) is 41.0 Å². The SMILES string of the molecule is CC(=O)[C@H]1CN(C2c3ccccc3CCc3cc(Br)cnc32)CCN1C. The Balaban J connectivity index is 1.80. The molecule has 0 amide bonds. The maximum atomic E-state index is 12.2. The zero-order valence-corrected chi connectivity index (χ0v) is 16.9. The van der Waals surface area contributed by atoms with Crippen molar-refractivity contribution in [2.45, 2.75) is 31.8 Å². The average Bonchev–Trinajstić information content (AvgIpc) is 2.79. The van der Waals surface area contributed by atoms with Gasteiger partial charge in [0.15, 0.2) is 0 Å². The third-order valence-electron chi connectivity index (χ3n) is 5.75.